The van der Waals surface area contributed by atoms with Crippen molar-refractivity contribution in [1.82, 2.24) is 30.5 Å². The van der Waals surface area contributed by atoms with Crippen LogP contribution in [0.1, 0.15) is 36.9 Å². The molecule has 1 unspecified atom stereocenters. The Bertz CT molecular complexity index is 1800. The minimum atomic E-state index is -4.20. The van der Waals surface area contributed by atoms with Gasteiger partial charge in [-0.25, -0.2) is 17.9 Å². The van der Waals surface area contributed by atoms with E-state index in [-0.39, 0.29) is 23.8 Å². The number of aliphatic hydroxyl groups is 1. The molecule has 0 fully saturated rings. The lowest BCUT2D eigenvalue weighted by molar-refractivity contribution is -0.207. The van der Waals surface area contributed by atoms with E-state index in [0.29, 0.717) is 15.8 Å². The molecule has 0 saturated heterocycles. The lowest BCUT2D eigenvalue weighted by atomic mass is 9.84. The zero-order valence-electron chi connectivity index (χ0n) is 21.8. The summed E-state index contributed by atoms with van der Waals surface area (Å²) >= 11 is 1.11. The van der Waals surface area contributed by atoms with Gasteiger partial charge in [0.05, 0.1) is 16.3 Å². The van der Waals surface area contributed by atoms with Gasteiger partial charge in [-0.3, -0.25) is 9.78 Å². The molecule has 5 aromatic rings. The van der Waals surface area contributed by atoms with E-state index in [1.54, 1.807) is 24.3 Å². The van der Waals surface area contributed by atoms with Crippen molar-refractivity contribution in [3.8, 4) is 11.8 Å². The molecule has 0 bridgehead atoms. The van der Waals surface area contributed by atoms with E-state index in [1.165, 1.54) is 18.2 Å². The van der Waals surface area contributed by atoms with Gasteiger partial charge in [0, 0.05) is 29.9 Å². The van der Waals surface area contributed by atoms with E-state index in [4.69, 9.17) is 0 Å². The number of hydrogen-bond acceptors (Lipinski definition) is 7. The topological polar surface area (TPSA) is 106 Å². The van der Waals surface area contributed by atoms with Crippen LogP contribution in [-0.2, 0) is 24.6 Å². The van der Waals surface area contributed by atoms with Gasteiger partial charge < -0.3 is 10.4 Å². The summed E-state index contributed by atoms with van der Waals surface area (Å²) in [4.78, 5) is 17.1. The van der Waals surface area contributed by atoms with E-state index in [2.05, 4.69) is 37.7 Å². The molecule has 1 amide bonds. The SMILES string of the molecule is O=C(NCc1ccc(F)cc1)c1ccc(C#Cc2ccc(C(F)(F)C(O)(Cn3cnnn3)c3ccc(F)cc3F)nc2)s1. The third-order valence-electron chi connectivity index (χ3n) is 6.29. The summed E-state index contributed by atoms with van der Waals surface area (Å²) in [5.41, 5.74) is -4.08. The summed E-state index contributed by atoms with van der Waals surface area (Å²) in [5, 5.41) is 24.1. The van der Waals surface area contributed by atoms with Crippen LogP contribution in [0.15, 0.2) is 79.3 Å². The highest BCUT2D eigenvalue weighted by atomic mass is 32.1. The van der Waals surface area contributed by atoms with Crippen LogP contribution in [0, 0.1) is 29.3 Å². The summed E-state index contributed by atoms with van der Waals surface area (Å²) in [7, 11) is 0. The lowest BCUT2D eigenvalue weighted by Crippen LogP contribution is -2.48. The third kappa shape index (κ3) is 6.42. The van der Waals surface area contributed by atoms with E-state index < -0.39 is 41.0 Å². The Morgan fingerprint density at radius 2 is 1.74 bits per heavy atom. The first-order chi connectivity index (χ1) is 20.5. The summed E-state index contributed by atoms with van der Waals surface area (Å²) in [5.74, 6) is -1.73. The van der Waals surface area contributed by atoms with Gasteiger partial charge in [-0.2, -0.15) is 8.78 Å². The molecule has 0 aliphatic rings. The standard InChI is InChI=1S/C29H19F5N6O2S/c30-20-5-1-18(2-6-20)15-36-27(41)25-11-9-22(43-25)8-3-19-4-12-26(35-14-19)29(33,34)28(42,16-40-17-37-38-39-40)23-10-7-21(31)13-24(23)32/h1-2,4-7,9-14,17,42H,15-16H2,(H,36,41). The molecule has 0 saturated carbocycles. The van der Waals surface area contributed by atoms with Gasteiger partial charge in [0.1, 0.15) is 29.5 Å². The quantitative estimate of drug-likeness (QED) is 0.197. The molecule has 3 aromatic heterocycles. The Morgan fingerprint density at radius 3 is 2.42 bits per heavy atom. The molecule has 218 valence electrons. The number of halogens is 5. The number of tetrazole rings is 1. The van der Waals surface area contributed by atoms with Crippen LogP contribution < -0.4 is 5.32 Å². The van der Waals surface area contributed by atoms with Crippen molar-refractivity contribution in [2.75, 3.05) is 0 Å². The molecule has 0 spiro atoms. The van der Waals surface area contributed by atoms with Crippen LogP contribution in [-0.4, -0.2) is 36.2 Å². The number of nitrogens with one attached hydrogen (secondary N) is 1. The molecule has 2 N–H and O–H groups in total. The molecule has 1 atom stereocenters. The summed E-state index contributed by atoms with van der Waals surface area (Å²) < 4.78 is 73.8. The molecule has 14 heteroatoms. The molecule has 3 heterocycles. The van der Waals surface area contributed by atoms with Gasteiger partial charge in [0.15, 0.2) is 5.60 Å². The molecule has 5 rings (SSSR count). The number of hydrogen-bond donors (Lipinski definition) is 2. The fraction of sp³-hybridized carbons (Fsp3) is 0.138. The minimum absolute atomic E-state index is 0.208. The van der Waals surface area contributed by atoms with Gasteiger partial charge in [-0.1, -0.05) is 24.0 Å². The van der Waals surface area contributed by atoms with E-state index in [0.717, 1.165) is 52.3 Å². The van der Waals surface area contributed by atoms with Crippen LogP contribution in [0.4, 0.5) is 22.0 Å². The Balaban J connectivity index is 1.33. The monoisotopic (exact) mass is 610 g/mol. The molecule has 0 aliphatic heterocycles. The number of nitrogens with zero attached hydrogens (tertiary/aromatic N) is 5. The maximum atomic E-state index is 15.9. The van der Waals surface area contributed by atoms with Crippen molar-refractivity contribution < 1.29 is 31.9 Å². The number of thiophene rings is 1. The fourth-order valence-electron chi connectivity index (χ4n) is 4.06. The van der Waals surface area contributed by atoms with Gasteiger partial charge in [-0.15, -0.1) is 16.4 Å². The van der Waals surface area contributed by atoms with Crippen molar-refractivity contribution in [1.29, 1.82) is 0 Å². The smallest absolute Gasteiger partial charge is 0.323 e. The largest absolute Gasteiger partial charge is 0.377 e. The number of carbonyl (C=O) groups excluding carboxylic acids is 1. The van der Waals surface area contributed by atoms with E-state index in [1.807, 2.05) is 0 Å². The number of pyridine rings is 1. The maximum absolute atomic E-state index is 15.9. The second-order valence-corrected chi connectivity index (χ2v) is 10.3. The first-order valence-electron chi connectivity index (χ1n) is 12.4. The van der Waals surface area contributed by atoms with Crippen LogP contribution in [0.3, 0.4) is 0 Å². The van der Waals surface area contributed by atoms with Gasteiger partial charge in [0.25, 0.3) is 5.91 Å². The second-order valence-electron chi connectivity index (χ2n) is 9.22. The minimum Gasteiger partial charge on any atom is -0.377 e. The predicted molar refractivity (Wildman–Crippen MR) is 144 cm³/mol. The Morgan fingerprint density at radius 1 is 0.977 bits per heavy atom. The summed E-state index contributed by atoms with van der Waals surface area (Å²) in [6, 6.07) is 12.9. The van der Waals surface area contributed by atoms with Gasteiger partial charge >= 0.3 is 5.92 Å². The van der Waals surface area contributed by atoms with Crippen molar-refractivity contribution in [2.24, 2.45) is 0 Å². The lowest BCUT2D eigenvalue weighted by Gasteiger charge is -2.35. The predicted octanol–water partition coefficient (Wildman–Crippen LogP) is 4.56. The van der Waals surface area contributed by atoms with E-state index >= 15 is 8.78 Å². The highest BCUT2D eigenvalue weighted by Gasteiger charge is 2.58. The first-order valence-corrected chi connectivity index (χ1v) is 13.2. The highest BCUT2D eigenvalue weighted by molar-refractivity contribution is 7.14. The Hall–Kier alpha value is -5.00. The highest BCUT2D eigenvalue weighted by Crippen LogP contribution is 2.46. The summed E-state index contributed by atoms with van der Waals surface area (Å²) in [6.07, 6.45) is 2.01. The van der Waals surface area contributed by atoms with Gasteiger partial charge in [0.2, 0.25) is 0 Å². The van der Waals surface area contributed by atoms with Gasteiger partial charge in [-0.05, 0) is 64.5 Å². The third-order valence-corrected chi connectivity index (χ3v) is 7.29. The molecule has 0 aliphatic carbocycles. The average molecular weight is 611 g/mol. The van der Waals surface area contributed by atoms with Crippen molar-refractivity contribution >= 4 is 17.2 Å². The number of rotatable bonds is 8. The van der Waals surface area contributed by atoms with Crippen molar-refractivity contribution in [3.63, 3.8) is 0 Å². The number of alkyl halides is 2. The van der Waals surface area contributed by atoms with Crippen molar-refractivity contribution in [3.05, 3.63) is 129 Å². The zero-order valence-corrected chi connectivity index (χ0v) is 22.6. The van der Waals surface area contributed by atoms with Crippen LogP contribution in [0.5, 0.6) is 0 Å². The molecular weight excluding hydrogens is 591 g/mol. The molecular formula is C29H19F5N6O2S. The first kappa shape index (κ1) is 29.5. The molecule has 2 aromatic carbocycles. The van der Waals surface area contributed by atoms with E-state index in [9.17, 15) is 23.1 Å². The zero-order chi connectivity index (χ0) is 30.6. The van der Waals surface area contributed by atoms with Crippen LogP contribution >= 0.6 is 11.3 Å². The second kappa shape index (κ2) is 12.1. The maximum Gasteiger partial charge on any atom is 0.323 e. The summed E-state index contributed by atoms with van der Waals surface area (Å²) in [6.45, 7) is -0.768. The van der Waals surface area contributed by atoms with Crippen molar-refractivity contribution in [2.45, 2.75) is 24.6 Å². The Kier molecular flexibility index (Phi) is 8.29. The molecule has 0 radical (unpaired) electrons. The number of amides is 1. The number of carbonyl (C=O) groups is 1. The normalized spacial score (nSPS) is 12.7. The molecule has 8 nitrogen and oxygen atoms in total. The number of benzene rings is 2. The molecule has 43 heavy (non-hydrogen) atoms. The van der Waals surface area contributed by atoms with Crippen LogP contribution in [0.25, 0.3) is 0 Å². The Labute approximate surface area is 244 Å². The average Bonchev–Trinajstić information content (AvgIpc) is 3.68. The number of aromatic nitrogens is 5. The fourth-order valence-corrected chi connectivity index (χ4v) is 4.84. The van der Waals surface area contributed by atoms with Crippen LogP contribution in [0.2, 0.25) is 0 Å².